The molecule has 0 radical (unpaired) electrons. The van der Waals surface area contributed by atoms with Crippen LogP contribution in [0.4, 0.5) is 5.13 Å². The zero-order valence-corrected chi connectivity index (χ0v) is 16.2. The molecule has 140 valence electrons. The van der Waals surface area contributed by atoms with Crippen LogP contribution in [0.25, 0.3) is 22.6 Å². The first-order valence-corrected chi connectivity index (χ1v) is 9.88. The van der Waals surface area contributed by atoms with Crippen molar-refractivity contribution in [3.8, 4) is 22.6 Å². The Labute approximate surface area is 167 Å². The Morgan fingerprint density at radius 2 is 1.86 bits per heavy atom. The number of aromatic nitrogens is 2. The minimum Gasteiger partial charge on any atom is -0.441 e. The second kappa shape index (κ2) is 8.19. The molecule has 0 fully saturated rings. The number of hydrogen-bond donors (Lipinski definition) is 1. The van der Waals surface area contributed by atoms with Gasteiger partial charge in [-0.2, -0.15) is 0 Å². The van der Waals surface area contributed by atoms with Gasteiger partial charge in [0.2, 0.25) is 5.91 Å². The fourth-order valence-corrected chi connectivity index (χ4v) is 3.49. The number of amides is 1. The van der Waals surface area contributed by atoms with E-state index in [0.29, 0.717) is 23.2 Å². The van der Waals surface area contributed by atoms with Gasteiger partial charge in [-0.1, -0.05) is 60.2 Å². The Balaban J connectivity index is 1.33. The first kappa shape index (κ1) is 18.1. The van der Waals surface area contributed by atoms with Crippen LogP contribution in [0.5, 0.6) is 0 Å². The summed E-state index contributed by atoms with van der Waals surface area (Å²) in [5.74, 6) is 1.15. The van der Waals surface area contributed by atoms with Crippen molar-refractivity contribution in [2.45, 2.75) is 19.8 Å². The molecule has 2 heterocycles. The van der Waals surface area contributed by atoms with E-state index < -0.39 is 0 Å². The van der Waals surface area contributed by atoms with Gasteiger partial charge in [0.05, 0.1) is 11.9 Å². The van der Waals surface area contributed by atoms with Crippen molar-refractivity contribution in [3.63, 3.8) is 0 Å². The standard InChI is InChI=1S/C22H19N3O2S/c1-15-7-9-16(10-8-15)18-14-28-22(24-18)25-20(26)11-12-21-23-13-19(27-21)17-5-3-2-4-6-17/h2-10,13-14H,11-12H2,1H3,(H,24,25,26). The van der Waals surface area contributed by atoms with Crippen molar-refractivity contribution in [2.75, 3.05) is 5.32 Å². The number of nitrogens with zero attached hydrogens (tertiary/aromatic N) is 2. The second-order valence-electron chi connectivity index (χ2n) is 6.44. The highest BCUT2D eigenvalue weighted by Gasteiger charge is 2.11. The molecular formula is C22H19N3O2S. The molecule has 28 heavy (non-hydrogen) atoms. The van der Waals surface area contributed by atoms with Crippen LogP contribution in [0.1, 0.15) is 17.9 Å². The number of hydrogen-bond acceptors (Lipinski definition) is 5. The highest BCUT2D eigenvalue weighted by Crippen LogP contribution is 2.25. The lowest BCUT2D eigenvalue weighted by Crippen LogP contribution is -2.12. The summed E-state index contributed by atoms with van der Waals surface area (Å²) in [5, 5.41) is 5.39. The molecule has 4 rings (SSSR count). The van der Waals surface area contributed by atoms with Crippen molar-refractivity contribution < 1.29 is 9.21 Å². The van der Waals surface area contributed by atoms with E-state index in [9.17, 15) is 4.79 Å². The quantitative estimate of drug-likeness (QED) is 0.483. The Morgan fingerprint density at radius 3 is 2.64 bits per heavy atom. The van der Waals surface area contributed by atoms with Crippen LogP contribution in [0.3, 0.4) is 0 Å². The zero-order valence-electron chi connectivity index (χ0n) is 15.4. The predicted octanol–water partition coefficient (Wildman–Crippen LogP) is 5.34. The molecule has 5 nitrogen and oxygen atoms in total. The van der Waals surface area contributed by atoms with Crippen LogP contribution in [0.2, 0.25) is 0 Å². The van der Waals surface area contributed by atoms with E-state index >= 15 is 0 Å². The highest BCUT2D eigenvalue weighted by molar-refractivity contribution is 7.14. The number of anilines is 1. The van der Waals surface area contributed by atoms with E-state index in [0.717, 1.165) is 16.8 Å². The summed E-state index contributed by atoms with van der Waals surface area (Å²) in [5.41, 5.74) is 4.07. The maximum atomic E-state index is 12.2. The molecular weight excluding hydrogens is 370 g/mol. The molecule has 0 spiro atoms. The summed E-state index contributed by atoms with van der Waals surface area (Å²) >= 11 is 1.42. The summed E-state index contributed by atoms with van der Waals surface area (Å²) in [6.07, 6.45) is 2.42. The molecule has 0 aliphatic carbocycles. The van der Waals surface area contributed by atoms with Gasteiger partial charge < -0.3 is 9.73 Å². The van der Waals surface area contributed by atoms with E-state index in [-0.39, 0.29) is 12.3 Å². The Hall–Kier alpha value is -3.25. The van der Waals surface area contributed by atoms with Crippen molar-refractivity contribution in [1.29, 1.82) is 0 Å². The van der Waals surface area contributed by atoms with Gasteiger partial charge in [0, 0.05) is 29.3 Å². The molecule has 4 aromatic rings. The van der Waals surface area contributed by atoms with Gasteiger partial charge in [0.15, 0.2) is 16.8 Å². The average molecular weight is 389 g/mol. The van der Waals surface area contributed by atoms with Crippen molar-refractivity contribution in [3.05, 3.63) is 77.6 Å². The summed E-state index contributed by atoms with van der Waals surface area (Å²) in [6, 6.07) is 17.9. The van der Waals surface area contributed by atoms with Crippen LogP contribution in [0.15, 0.2) is 70.6 Å². The minimum absolute atomic E-state index is 0.107. The third-order valence-corrected chi connectivity index (χ3v) is 5.03. The Bertz CT molecular complexity index is 1070. The number of carbonyl (C=O) groups excluding carboxylic acids is 1. The summed E-state index contributed by atoms with van der Waals surface area (Å²) < 4.78 is 5.74. The van der Waals surface area contributed by atoms with E-state index in [1.807, 2.05) is 66.9 Å². The van der Waals surface area contributed by atoms with Crippen molar-refractivity contribution in [1.82, 2.24) is 9.97 Å². The highest BCUT2D eigenvalue weighted by atomic mass is 32.1. The monoisotopic (exact) mass is 389 g/mol. The molecule has 0 saturated carbocycles. The molecule has 0 aliphatic rings. The maximum absolute atomic E-state index is 12.2. The number of benzene rings is 2. The normalized spacial score (nSPS) is 10.8. The van der Waals surface area contributed by atoms with Gasteiger partial charge in [-0.05, 0) is 6.92 Å². The van der Waals surface area contributed by atoms with Crippen LogP contribution in [0, 0.1) is 6.92 Å². The number of rotatable bonds is 6. The number of oxazole rings is 1. The predicted molar refractivity (Wildman–Crippen MR) is 111 cm³/mol. The van der Waals surface area contributed by atoms with Crippen LogP contribution in [-0.4, -0.2) is 15.9 Å². The van der Waals surface area contributed by atoms with E-state index in [2.05, 4.69) is 15.3 Å². The van der Waals surface area contributed by atoms with Gasteiger partial charge in [0.1, 0.15) is 0 Å². The zero-order chi connectivity index (χ0) is 19.3. The van der Waals surface area contributed by atoms with Crippen molar-refractivity contribution in [2.24, 2.45) is 0 Å². The number of nitrogens with one attached hydrogen (secondary N) is 1. The smallest absolute Gasteiger partial charge is 0.226 e. The fourth-order valence-electron chi connectivity index (χ4n) is 2.75. The molecule has 0 saturated heterocycles. The molecule has 1 amide bonds. The molecule has 2 aromatic carbocycles. The molecule has 0 atom stereocenters. The lowest BCUT2D eigenvalue weighted by molar-refractivity contribution is -0.116. The maximum Gasteiger partial charge on any atom is 0.226 e. The molecule has 2 aromatic heterocycles. The van der Waals surface area contributed by atoms with Crippen LogP contribution in [-0.2, 0) is 11.2 Å². The summed E-state index contributed by atoms with van der Waals surface area (Å²) in [6.45, 7) is 2.05. The number of carbonyl (C=O) groups is 1. The lowest BCUT2D eigenvalue weighted by atomic mass is 10.1. The summed E-state index contributed by atoms with van der Waals surface area (Å²) in [4.78, 5) is 21.0. The summed E-state index contributed by atoms with van der Waals surface area (Å²) in [7, 11) is 0. The van der Waals surface area contributed by atoms with E-state index in [4.69, 9.17) is 4.42 Å². The Morgan fingerprint density at radius 1 is 1.07 bits per heavy atom. The second-order valence-corrected chi connectivity index (χ2v) is 7.29. The fraction of sp³-hybridized carbons (Fsp3) is 0.136. The minimum atomic E-state index is -0.107. The third-order valence-electron chi connectivity index (χ3n) is 4.28. The van der Waals surface area contributed by atoms with Crippen LogP contribution >= 0.6 is 11.3 Å². The largest absolute Gasteiger partial charge is 0.441 e. The van der Waals surface area contributed by atoms with Gasteiger partial charge >= 0.3 is 0 Å². The van der Waals surface area contributed by atoms with E-state index in [1.165, 1.54) is 16.9 Å². The molecule has 6 heteroatoms. The first-order valence-electron chi connectivity index (χ1n) is 9.00. The lowest BCUT2D eigenvalue weighted by Gasteiger charge is -2.00. The van der Waals surface area contributed by atoms with Gasteiger partial charge in [-0.15, -0.1) is 11.3 Å². The van der Waals surface area contributed by atoms with E-state index in [1.54, 1.807) is 6.20 Å². The first-order chi connectivity index (χ1) is 13.7. The van der Waals surface area contributed by atoms with Gasteiger partial charge in [-0.3, -0.25) is 4.79 Å². The van der Waals surface area contributed by atoms with Crippen molar-refractivity contribution >= 4 is 22.4 Å². The SMILES string of the molecule is Cc1ccc(-c2csc(NC(=O)CCc3ncc(-c4ccccc4)o3)n2)cc1. The third kappa shape index (κ3) is 4.35. The molecule has 0 unspecified atom stereocenters. The van der Waals surface area contributed by atoms with Crippen LogP contribution < -0.4 is 5.32 Å². The van der Waals surface area contributed by atoms with Gasteiger partial charge in [0.25, 0.3) is 0 Å². The molecule has 0 aliphatic heterocycles. The topological polar surface area (TPSA) is 68.0 Å². The van der Waals surface area contributed by atoms with Gasteiger partial charge in [-0.25, -0.2) is 9.97 Å². The Kier molecular flexibility index (Phi) is 5.30. The molecule has 0 bridgehead atoms. The number of thiazole rings is 1. The number of aryl methyl sites for hydroxylation is 2. The average Bonchev–Trinajstić information content (AvgIpc) is 3.37. The molecule has 1 N–H and O–H groups in total.